The van der Waals surface area contributed by atoms with Crippen molar-refractivity contribution in [3.63, 3.8) is 0 Å². The number of nitro groups is 1. The van der Waals surface area contributed by atoms with Crippen LogP contribution in [0.2, 0.25) is 0 Å². The number of fused-ring (bicyclic) bond motifs is 1. The van der Waals surface area contributed by atoms with Crippen molar-refractivity contribution in [2.45, 2.75) is 18.2 Å². The molecule has 0 radical (unpaired) electrons. The number of aryl methyl sites for hydroxylation is 1. The average Bonchev–Trinajstić information content (AvgIpc) is 2.97. The molecule has 3 rings (SSSR count). The van der Waals surface area contributed by atoms with Gasteiger partial charge in [-0.1, -0.05) is 17.7 Å². The summed E-state index contributed by atoms with van der Waals surface area (Å²) >= 11 is 0. The van der Waals surface area contributed by atoms with Crippen LogP contribution >= 0.6 is 0 Å². The number of methoxy groups -OCH3 is 1. The molecule has 8 heteroatoms. The van der Waals surface area contributed by atoms with Crippen molar-refractivity contribution in [2.75, 3.05) is 18.0 Å². The molecular formula is C16H16N2O5S. The zero-order valence-electron chi connectivity index (χ0n) is 13.2. The lowest BCUT2D eigenvalue weighted by Crippen LogP contribution is -2.29. The molecule has 1 aliphatic heterocycles. The highest BCUT2D eigenvalue weighted by molar-refractivity contribution is 7.92. The zero-order valence-corrected chi connectivity index (χ0v) is 14.0. The summed E-state index contributed by atoms with van der Waals surface area (Å²) < 4.78 is 32.0. The number of hydrogen-bond acceptors (Lipinski definition) is 5. The summed E-state index contributed by atoms with van der Waals surface area (Å²) in [6, 6.07) is 9.34. The molecule has 0 saturated carbocycles. The predicted octanol–water partition coefficient (Wildman–Crippen LogP) is 2.66. The van der Waals surface area contributed by atoms with E-state index in [2.05, 4.69) is 0 Å². The summed E-state index contributed by atoms with van der Waals surface area (Å²) in [5.74, 6) is 0.133. The lowest BCUT2D eigenvalue weighted by atomic mass is 10.1. The van der Waals surface area contributed by atoms with Gasteiger partial charge in [-0.05, 0) is 37.1 Å². The molecule has 24 heavy (non-hydrogen) atoms. The highest BCUT2D eigenvalue weighted by atomic mass is 32.2. The van der Waals surface area contributed by atoms with E-state index in [1.54, 1.807) is 24.3 Å². The number of rotatable bonds is 4. The van der Waals surface area contributed by atoms with Gasteiger partial charge in [-0.3, -0.25) is 14.4 Å². The molecule has 1 aliphatic rings. The fourth-order valence-corrected chi connectivity index (χ4v) is 4.26. The minimum atomic E-state index is -3.76. The Hall–Kier alpha value is -2.61. The van der Waals surface area contributed by atoms with E-state index in [-0.39, 0.29) is 22.9 Å². The van der Waals surface area contributed by atoms with E-state index >= 15 is 0 Å². The second-order valence-electron chi connectivity index (χ2n) is 5.55. The predicted molar refractivity (Wildman–Crippen MR) is 89.1 cm³/mol. The van der Waals surface area contributed by atoms with Gasteiger partial charge in [0, 0.05) is 12.6 Å². The summed E-state index contributed by atoms with van der Waals surface area (Å²) in [4.78, 5) is 10.8. The van der Waals surface area contributed by atoms with Gasteiger partial charge in [-0.15, -0.1) is 0 Å². The monoisotopic (exact) mass is 348 g/mol. The smallest absolute Gasteiger partial charge is 0.313 e. The topological polar surface area (TPSA) is 89.8 Å². The van der Waals surface area contributed by atoms with Gasteiger partial charge < -0.3 is 4.74 Å². The van der Waals surface area contributed by atoms with Gasteiger partial charge in [0.1, 0.15) is 0 Å². The van der Waals surface area contributed by atoms with Crippen molar-refractivity contribution in [1.82, 2.24) is 0 Å². The van der Waals surface area contributed by atoms with Crippen molar-refractivity contribution < 1.29 is 18.1 Å². The molecule has 0 bridgehead atoms. The average molecular weight is 348 g/mol. The molecule has 1 heterocycles. The van der Waals surface area contributed by atoms with Gasteiger partial charge in [-0.25, -0.2) is 8.42 Å². The van der Waals surface area contributed by atoms with Crippen molar-refractivity contribution in [1.29, 1.82) is 0 Å². The maximum atomic E-state index is 12.9. The van der Waals surface area contributed by atoms with E-state index in [4.69, 9.17) is 4.74 Å². The molecular weight excluding hydrogens is 332 g/mol. The molecule has 0 spiro atoms. The molecule has 126 valence electrons. The Balaban J connectivity index is 2.10. The Bertz CT molecular complexity index is 907. The molecule has 0 aromatic heterocycles. The van der Waals surface area contributed by atoms with Crippen molar-refractivity contribution in [3.05, 3.63) is 57.6 Å². The van der Waals surface area contributed by atoms with Crippen LogP contribution in [0.25, 0.3) is 0 Å². The SMILES string of the molecule is COc1cc2c(cc1[N+](=O)[O-])N(S(=O)(=O)c1ccc(C)cc1)CC2. The second kappa shape index (κ2) is 5.79. The highest BCUT2D eigenvalue weighted by Crippen LogP contribution is 2.40. The number of sulfonamides is 1. The van der Waals surface area contributed by atoms with Crippen LogP contribution in [-0.2, 0) is 16.4 Å². The number of benzene rings is 2. The standard InChI is InChI=1S/C16H16N2O5S/c1-11-3-5-13(6-4-11)24(21,22)17-8-7-12-9-16(23-2)15(18(19)20)10-14(12)17/h3-6,9-10H,7-8H2,1-2H3. The van der Waals surface area contributed by atoms with Gasteiger partial charge in [0.15, 0.2) is 5.75 Å². The van der Waals surface area contributed by atoms with Crippen LogP contribution in [-0.4, -0.2) is 27.0 Å². The Morgan fingerprint density at radius 3 is 2.46 bits per heavy atom. The van der Waals surface area contributed by atoms with E-state index in [1.807, 2.05) is 6.92 Å². The molecule has 0 fully saturated rings. The molecule has 0 atom stereocenters. The molecule has 0 aliphatic carbocycles. The van der Waals surface area contributed by atoms with Gasteiger partial charge >= 0.3 is 5.69 Å². The van der Waals surface area contributed by atoms with Crippen LogP contribution in [0.5, 0.6) is 5.75 Å². The lowest BCUT2D eigenvalue weighted by Gasteiger charge is -2.19. The summed E-state index contributed by atoms with van der Waals surface area (Å²) in [6.45, 7) is 2.12. The van der Waals surface area contributed by atoms with Crippen molar-refractivity contribution in [3.8, 4) is 5.75 Å². The van der Waals surface area contributed by atoms with E-state index < -0.39 is 14.9 Å². The first-order valence-electron chi connectivity index (χ1n) is 7.29. The van der Waals surface area contributed by atoms with Gasteiger partial charge in [0.2, 0.25) is 0 Å². The third-order valence-corrected chi connectivity index (χ3v) is 5.87. The quantitative estimate of drug-likeness (QED) is 0.626. The van der Waals surface area contributed by atoms with E-state index in [0.29, 0.717) is 17.7 Å². The van der Waals surface area contributed by atoms with Crippen molar-refractivity contribution >= 4 is 21.4 Å². The Morgan fingerprint density at radius 1 is 1.21 bits per heavy atom. The van der Waals surface area contributed by atoms with Crippen LogP contribution in [0, 0.1) is 17.0 Å². The minimum absolute atomic E-state index is 0.133. The first-order valence-corrected chi connectivity index (χ1v) is 8.73. The molecule has 0 saturated heterocycles. The fraction of sp³-hybridized carbons (Fsp3) is 0.250. The van der Waals surface area contributed by atoms with Crippen LogP contribution in [0.4, 0.5) is 11.4 Å². The van der Waals surface area contributed by atoms with Crippen LogP contribution in [0.15, 0.2) is 41.3 Å². The van der Waals surface area contributed by atoms with E-state index in [0.717, 1.165) is 5.56 Å². The normalized spacial score (nSPS) is 13.7. The third-order valence-electron chi connectivity index (χ3n) is 4.04. The van der Waals surface area contributed by atoms with Gasteiger partial charge in [0.25, 0.3) is 10.0 Å². The number of hydrogen-bond donors (Lipinski definition) is 0. The van der Waals surface area contributed by atoms with Gasteiger partial charge in [0.05, 0.1) is 22.6 Å². The second-order valence-corrected chi connectivity index (χ2v) is 7.41. The number of anilines is 1. The lowest BCUT2D eigenvalue weighted by molar-refractivity contribution is -0.385. The summed E-state index contributed by atoms with van der Waals surface area (Å²) in [6.07, 6.45) is 0.481. The summed E-state index contributed by atoms with van der Waals surface area (Å²) in [5, 5.41) is 11.2. The minimum Gasteiger partial charge on any atom is -0.490 e. The van der Waals surface area contributed by atoms with Gasteiger partial charge in [-0.2, -0.15) is 0 Å². The third kappa shape index (κ3) is 2.58. The van der Waals surface area contributed by atoms with Crippen LogP contribution in [0.3, 0.4) is 0 Å². The first-order chi connectivity index (χ1) is 11.3. The maximum Gasteiger partial charge on any atom is 0.313 e. The Morgan fingerprint density at radius 2 is 1.88 bits per heavy atom. The zero-order chi connectivity index (χ0) is 17.5. The highest BCUT2D eigenvalue weighted by Gasteiger charge is 2.33. The fourth-order valence-electron chi connectivity index (χ4n) is 2.77. The number of ether oxygens (including phenoxy) is 1. The van der Waals surface area contributed by atoms with Crippen LogP contribution < -0.4 is 9.04 Å². The molecule has 2 aromatic carbocycles. The number of nitro benzene ring substituents is 1. The van der Waals surface area contributed by atoms with E-state index in [9.17, 15) is 18.5 Å². The molecule has 0 N–H and O–H groups in total. The first kappa shape index (κ1) is 16.3. The Labute approximate surface area is 139 Å². The molecule has 2 aromatic rings. The largest absolute Gasteiger partial charge is 0.490 e. The van der Waals surface area contributed by atoms with E-state index in [1.165, 1.54) is 23.5 Å². The molecule has 0 amide bonds. The molecule has 7 nitrogen and oxygen atoms in total. The van der Waals surface area contributed by atoms with Crippen LogP contribution in [0.1, 0.15) is 11.1 Å². The molecule has 0 unspecified atom stereocenters. The van der Waals surface area contributed by atoms with Crippen molar-refractivity contribution in [2.24, 2.45) is 0 Å². The Kier molecular flexibility index (Phi) is 3.92. The summed E-state index contributed by atoms with van der Waals surface area (Å²) in [7, 11) is -2.41. The number of nitrogens with zero attached hydrogens (tertiary/aromatic N) is 2. The maximum absolute atomic E-state index is 12.9. The summed E-state index contributed by atoms with van der Waals surface area (Å²) in [5.41, 5.74) is 1.76.